The van der Waals surface area contributed by atoms with Crippen molar-refractivity contribution in [3.05, 3.63) is 42.0 Å². The highest BCUT2D eigenvalue weighted by atomic mass is 16.6. The summed E-state index contributed by atoms with van der Waals surface area (Å²) in [6, 6.07) is 9.72. The molecule has 1 aromatic carbocycles. The van der Waals surface area contributed by atoms with Crippen molar-refractivity contribution >= 4 is 18.0 Å². The molecule has 4 nitrogen and oxygen atoms in total. The summed E-state index contributed by atoms with van der Waals surface area (Å²) in [6.07, 6.45) is 4.55. The van der Waals surface area contributed by atoms with Gasteiger partial charge in [0.25, 0.3) is 0 Å². The predicted molar refractivity (Wildman–Crippen MR) is 100 cm³/mol. The van der Waals surface area contributed by atoms with Crippen LogP contribution in [0.3, 0.4) is 0 Å². The lowest BCUT2D eigenvalue weighted by atomic mass is 9.83. The van der Waals surface area contributed by atoms with Gasteiger partial charge < -0.3 is 9.84 Å². The van der Waals surface area contributed by atoms with Gasteiger partial charge in [-0.15, -0.1) is 0 Å². The molecule has 0 aliphatic heterocycles. The third kappa shape index (κ3) is 8.01. The second-order valence-corrected chi connectivity index (χ2v) is 7.76. The molecule has 0 spiro atoms. The van der Waals surface area contributed by atoms with Crippen LogP contribution in [0.25, 0.3) is 6.08 Å². The number of hydrogen-bond acceptors (Lipinski definition) is 3. The van der Waals surface area contributed by atoms with Crippen LogP contribution in [-0.2, 0) is 14.3 Å². The highest BCUT2D eigenvalue weighted by molar-refractivity contribution is 5.81. The minimum absolute atomic E-state index is 0.184. The van der Waals surface area contributed by atoms with Gasteiger partial charge in [0.1, 0.15) is 5.60 Å². The molecular formula is C21H30O4. The number of ether oxygens (including phenoxy) is 1. The lowest BCUT2D eigenvalue weighted by molar-refractivity contribution is -0.167. The molecule has 0 aliphatic rings. The normalized spacial score (nSPS) is 14.5. The summed E-state index contributed by atoms with van der Waals surface area (Å²) < 4.78 is 5.48. The monoisotopic (exact) mass is 346 g/mol. The van der Waals surface area contributed by atoms with Gasteiger partial charge in [0, 0.05) is 0 Å². The molecule has 0 amide bonds. The number of hydrogen-bond donors (Lipinski definition) is 1. The van der Waals surface area contributed by atoms with E-state index >= 15 is 0 Å². The SMILES string of the molecule is CC(C)CC(C(=O)O)[C@H](CC=Cc1ccccc1)C(=O)OC(C)(C)C. The molecule has 0 radical (unpaired) electrons. The van der Waals surface area contributed by atoms with E-state index in [0.717, 1.165) is 5.56 Å². The fraction of sp³-hybridized carbons (Fsp3) is 0.524. The van der Waals surface area contributed by atoms with E-state index in [9.17, 15) is 14.7 Å². The molecule has 0 aromatic heterocycles. The first-order valence-electron chi connectivity index (χ1n) is 8.77. The predicted octanol–water partition coefficient (Wildman–Crippen LogP) is 4.79. The summed E-state index contributed by atoms with van der Waals surface area (Å²) in [7, 11) is 0. The molecule has 1 N–H and O–H groups in total. The van der Waals surface area contributed by atoms with Gasteiger partial charge >= 0.3 is 11.9 Å². The Labute approximate surface area is 150 Å². The molecule has 1 aromatic rings. The number of aliphatic carboxylic acids is 1. The van der Waals surface area contributed by atoms with Gasteiger partial charge in [0.15, 0.2) is 0 Å². The highest BCUT2D eigenvalue weighted by Gasteiger charge is 2.36. The molecule has 0 bridgehead atoms. The van der Waals surface area contributed by atoms with Crippen LogP contribution in [0, 0.1) is 17.8 Å². The van der Waals surface area contributed by atoms with E-state index in [1.807, 2.05) is 56.3 Å². The first-order chi connectivity index (χ1) is 11.6. The minimum atomic E-state index is -0.947. The van der Waals surface area contributed by atoms with E-state index in [0.29, 0.717) is 12.8 Å². The maximum atomic E-state index is 12.6. The van der Waals surface area contributed by atoms with Gasteiger partial charge in [0.05, 0.1) is 11.8 Å². The molecule has 1 rings (SSSR count). The third-order valence-corrected chi connectivity index (χ3v) is 3.74. The van der Waals surface area contributed by atoms with Crippen LogP contribution in [0.1, 0.15) is 53.0 Å². The summed E-state index contributed by atoms with van der Waals surface area (Å²) in [6.45, 7) is 9.30. The van der Waals surface area contributed by atoms with E-state index < -0.39 is 29.4 Å². The number of carboxylic acid groups (broad SMARTS) is 1. The van der Waals surface area contributed by atoms with Crippen LogP contribution in [0.2, 0.25) is 0 Å². The number of carbonyl (C=O) groups is 2. The maximum Gasteiger partial charge on any atom is 0.310 e. The van der Waals surface area contributed by atoms with Crippen LogP contribution >= 0.6 is 0 Å². The fourth-order valence-electron chi connectivity index (χ4n) is 2.66. The largest absolute Gasteiger partial charge is 0.481 e. The Kier molecular flexibility index (Phi) is 7.88. The Morgan fingerprint density at radius 3 is 2.20 bits per heavy atom. The van der Waals surface area contributed by atoms with Gasteiger partial charge in [-0.1, -0.05) is 56.3 Å². The van der Waals surface area contributed by atoms with Crippen molar-refractivity contribution < 1.29 is 19.4 Å². The number of esters is 1. The number of allylic oxidation sites excluding steroid dienone is 1. The zero-order chi connectivity index (χ0) is 19.0. The van der Waals surface area contributed by atoms with Gasteiger partial charge in [-0.3, -0.25) is 9.59 Å². The Morgan fingerprint density at radius 2 is 1.72 bits per heavy atom. The Hall–Kier alpha value is -2.10. The molecule has 0 aliphatic carbocycles. The number of benzene rings is 1. The van der Waals surface area contributed by atoms with Crippen molar-refractivity contribution in [2.45, 2.75) is 53.1 Å². The maximum absolute atomic E-state index is 12.6. The zero-order valence-electron chi connectivity index (χ0n) is 15.9. The van der Waals surface area contributed by atoms with E-state index in [1.54, 1.807) is 20.8 Å². The Balaban J connectivity index is 2.98. The van der Waals surface area contributed by atoms with Crippen LogP contribution in [0.4, 0.5) is 0 Å². The van der Waals surface area contributed by atoms with Crippen molar-refractivity contribution in [2.75, 3.05) is 0 Å². The van der Waals surface area contributed by atoms with Crippen LogP contribution in [-0.4, -0.2) is 22.6 Å². The van der Waals surface area contributed by atoms with Crippen molar-refractivity contribution in [3.8, 4) is 0 Å². The van der Waals surface area contributed by atoms with E-state index in [2.05, 4.69) is 0 Å². The molecule has 0 saturated heterocycles. The highest BCUT2D eigenvalue weighted by Crippen LogP contribution is 2.27. The van der Waals surface area contributed by atoms with Crippen molar-refractivity contribution in [1.29, 1.82) is 0 Å². The summed E-state index contributed by atoms with van der Waals surface area (Å²) in [4.78, 5) is 24.4. The minimum Gasteiger partial charge on any atom is -0.481 e. The smallest absolute Gasteiger partial charge is 0.310 e. The van der Waals surface area contributed by atoms with Crippen molar-refractivity contribution in [2.24, 2.45) is 17.8 Å². The van der Waals surface area contributed by atoms with Gasteiger partial charge in [-0.2, -0.15) is 0 Å². The molecule has 2 atom stereocenters. The van der Waals surface area contributed by atoms with Crippen LogP contribution in [0.5, 0.6) is 0 Å². The van der Waals surface area contributed by atoms with E-state index in [1.165, 1.54) is 0 Å². The summed E-state index contributed by atoms with van der Waals surface area (Å²) in [5, 5.41) is 9.62. The standard InChI is InChI=1S/C21H30O4/c1-15(2)14-18(19(22)23)17(20(24)25-21(3,4)5)13-9-12-16-10-7-6-8-11-16/h6-12,15,17-18H,13-14H2,1-5H3,(H,22,23)/t17-,18?/m0/s1. The van der Waals surface area contributed by atoms with Crippen LogP contribution in [0.15, 0.2) is 36.4 Å². The summed E-state index contributed by atoms with van der Waals surface area (Å²) in [5.41, 5.74) is 0.375. The number of rotatable bonds is 8. The molecule has 1 unspecified atom stereocenters. The Bertz CT molecular complexity index is 582. The average Bonchev–Trinajstić information content (AvgIpc) is 2.48. The number of carbonyl (C=O) groups excluding carboxylic acids is 1. The molecule has 0 saturated carbocycles. The first kappa shape index (κ1) is 20.9. The van der Waals surface area contributed by atoms with Gasteiger partial charge in [0.2, 0.25) is 0 Å². The average molecular weight is 346 g/mol. The lowest BCUT2D eigenvalue weighted by Crippen LogP contribution is -2.36. The number of carboxylic acids is 1. The Morgan fingerprint density at radius 1 is 1.12 bits per heavy atom. The van der Waals surface area contributed by atoms with Crippen LogP contribution < -0.4 is 0 Å². The third-order valence-electron chi connectivity index (χ3n) is 3.74. The van der Waals surface area contributed by atoms with Gasteiger partial charge in [-0.25, -0.2) is 0 Å². The van der Waals surface area contributed by atoms with Gasteiger partial charge in [-0.05, 0) is 45.1 Å². The quantitative estimate of drug-likeness (QED) is 0.687. The molecular weight excluding hydrogens is 316 g/mol. The second kappa shape index (κ2) is 9.40. The second-order valence-electron chi connectivity index (χ2n) is 7.76. The molecule has 0 heterocycles. The molecule has 138 valence electrons. The fourth-order valence-corrected chi connectivity index (χ4v) is 2.66. The zero-order valence-corrected chi connectivity index (χ0v) is 15.9. The topological polar surface area (TPSA) is 63.6 Å². The molecule has 4 heteroatoms. The van der Waals surface area contributed by atoms with E-state index in [-0.39, 0.29) is 5.92 Å². The first-order valence-corrected chi connectivity index (χ1v) is 8.77. The molecule has 0 fully saturated rings. The molecule has 25 heavy (non-hydrogen) atoms. The van der Waals surface area contributed by atoms with E-state index in [4.69, 9.17) is 4.74 Å². The summed E-state index contributed by atoms with van der Waals surface area (Å²) in [5.74, 6) is -2.66. The lowest BCUT2D eigenvalue weighted by Gasteiger charge is -2.27. The van der Waals surface area contributed by atoms with Crippen molar-refractivity contribution in [3.63, 3.8) is 0 Å². The van der Waals surface area contributed by atoms with Crippen molar-refractivity contribution in [1.82, 2.24) is 0 Å². The summed E-state index contributed by atoms with van der Waals surface area (Å²) >= 11 is 0.